The Morgan fingerprint density at radius 3 is 2.44 bits per heavy atom. The zero-order chi connectivity index (χ0) is 18.5. The Balaban J connectivity index is 1.39. The van der Waals surface area contributed by atoms with E-state index in [1.807, 2.05) is 54.9 Å². The minimum Gasteiger partial charge on any atom is -0.489 e. The van der Waals surface area contributed by atoms with Crippen molar-refractivity contribution < 1.29 is 4.74 Å². The van der Waals surface area contributed by atoms with Gasteiger partial charge in [-0.1, -0.05) is 42.5 Å². The topological polar surface area (TPSA) is 66.0 Å². The monoisotopic (exact) mass is 356 g/mol. The second-order valence-corrected chi connectivity index (χ2v) is 6.30. The number of nitrogens with two attached hydrogens (primary N) is 1. The second-order valence-electron chi connectivity index (χ2n) is 6.30. The molecule has 134 valence electrons. The number of hydrogen-bond acceptors (Lipinski definition) is 4. The minimum absolute atomic E-state index is 0.465. The van der Waals surface area contributed by atoms with E-state index >= 15 is 0 Å². The molecule has 0 atom stereocenters. The summed E-state index contributed by atoms with van der Waals surface area (Å²) in [7, 11) is 0. The van der Waals surface area contributed by atoms with Crippen LogP contribution in [0, 0.1) is 0 Å². The van der Waals surface area contributed by atoms with Crippen LogP contribution in [0.15, 0.2) is 85.3 Å². The van der Waals surface area contributed by atoms with E-state index in [0.717, 1.165) is 29.0 Å². The standard InChI is InChI=1S/C22H20N4O/c23-22-21(7-4-12-24-22)26-15-19(14-25-26)13-17-8-10-20(11-9-17)27-16-18-5-2-1-3-6-18/h1-12,14-15H,13,16H2,(H2,23,24). The summed E-state index contributed by atoms with van der Waals surface area (Å²) >= 11 is 0. The average Bonchev–Trinajstić information content (AvgIpc) is 3.17. The molecule has 0 unspecified atom stereocenters. The van der Waals surface area contributed by atoms with Gasteiger partial charge in [0.25, 0.3) is 0 Å². The minimum atomic E-state index is 0.465. The number of rotatable bonds is 6. The first-order chi connectivity index (χ1) is 13.3. The quantitative estimate of drug-likeness (QED) is 0.567. The SMILES string of the molecule is Nc1ncccc1-n1cc(Cc2ccc(OCc3ccccc3)cc2)cn1. The number of anilines is 1. The van der Waals surface area contributed by atoms with Gasteiger partial charge in [-0.3, -0.25) is 0 Å². The van der Waals surface area contributed by atoms with Crippen LogP contribution in [0.25, 0.3) is 5.69 Å². The molecule has 0 aliphatic heterocycles. The lowest BCUT2D eigenvalue weighted by atomic mass is 10.1. The summed E-state index contributed by atoms with van der Waals surface area (Å²) in [5, 5.41) is 4.40. The van der Waals surface area contributed by atoms with Gasteiger partial charge in [0.05, 0.1) is 6.20 Å². The molecule has 0 aliphatic rings. The van der Waals surface area contributed by atoms with Gasteiger partial charge >= 0.3 is 0 Å². The van der Waals surface area contributed by atoms with Gasteiger partial charge in [-0.15, -0.1) is 0 Å². The molecule has 27 heavy (non-hydrogen) atoms. The average molecular weight is 356 g/mol. The Hall–Kier alpha value is -3.60. The van der Waals surface area contributed by atoms with Crippen LogP contribution < -0.4 is 10.5 Å². The van der Waals surface area contributed by atoms with Crippen molar-refractivity contribution in [1.82, 2.24) is 14.8 Å². The summed E-state index contributed by atoms with van der Waals surface area (Å²) in [5.41, 5.74) is 10.2. The maximum absolute atomic E-state index is 5.92. The zero-order valence-electron chi connectivity index (χ0n) is 14.8. The molecule has 0 saturated heterocycles. The Labute approximate surface area is 158 Å². The van der Waals surface area contributed by atoms with Crippen LogP contribution in [0.5, 0.6) is 5.75 Å². The van der Waals surface area contributed by atoms with E-state index in [-0.39, 0.29) is 0 Å². The Bertz CT molecular complexity index is 1010. The fraction of sp³-hybridized carbons (Fsp3) is 0.0909. The maximum Gasteiger partial charge on any atom is 0.149 e. The second kappa shape index (κ2) is 7.74. The number of nitrogen functional groups attached to an aromatic ring is 1. The molecule has 2 N–H and O–H groups in total. The Morgan fingerprint density at radius 1 is 0.852 bits per heavy atom. The molecule has 0 amide bonds. The lowest BCUT2D eigenvalue weighted by Gasteiger charge is -2.07. The summed E-state index contributed by atoms with van der Waals surface area (Å²) in [5.74, 6) is 1.33. The smallest absolute Gasteiger partial charge is 0.149 e. The highest BCUT2D eigenvalue weighted by atomic mass is 16.5. The third-order valence-electron chi connectivity index (χ3n) is 4.28. The van der Waals surface area contributed by atoms with Crippen LogP contribution in [0.3, 0.4) is 0 Å². The van der Waals surface area contributed by atoms with Crippen molar-refractivity contribution in [3.63, 3.8) is 0 Å². The van der Waals surface area contributed by atoms with Gasteiger partial charge in [0, 0.05) is 18.8 Å². The van der Waals surface area contributed by atoms with E-state index in [1.165, 1.54) is 5.56 Å². The molecule has 0 saturated carbocycles. The zero-order valence-corrected chi connectivity index (χ0v) is 14.8. The van der Waals surface area contributed by atoms with Crippen molar-refractivity contribution >= 4 is 5.82 Å². The summed E-state index contributed by atoms with van der Waals surface area (Å²) in [6.07, 6.45) is 6.29. The molecular weight excluding hydrogens is 336 g/mol. The fourth-order valence-electron chi connectivity index (χ4n) is 2.87. The Morgan fingerprint density at radius 2 is 1.67 bits per heavy atom. The van der Waals surface area contributed by atoms with Crippen LogP contribution in [0.1, 0.15) is 16.7 Å². The molecule has 0 bridgehead atoms. The molecule has 0 spiro atoms. The molecule has 5 nitrogen and oxygen atoms in total. The number of benzene rings is 2. The van der Waals surface area contributed by atoms with Crippen LogP contribution in [-0.4, -0.2) is 14.8 Å². The van der Waals surface area contributed by atoms with Crippen LogP contribution in [-0.2, 0) is 13.0 Å². The van der Waals surface area contributed by atoms with E-state index in [2.05, 4.69) is 34.3 Å². The normalized spacial score (nSPS) is 10.7. The highest BCUT2D eigenvalue weighted by Crippen LogP contribution is 2.18. The molecule has 2 heterocycles. The third kappa shape index (κ3) is 4.15. The highest BCUT2D eigenvalue weighted by molar-refractivity contribution is 5.51. The lowest BCUT2D eigenvalue weighted by molar-refractivity contribution is 0.306. The van der Waals surface area contributed by atoms with Gasteiger partial charge in [0.15, 0.2) is 0 Å². The summed E-state index contributed by atoms with van der Waals surface area (Å²) < 4.78 is 7.59. The van der Waals surface area contributed by atoms with E-state index in [9.17, 15) is 0 Å². The van der Waals surface area contributed by atoms with Crippen molar-refractivity contribution in [2.24, 2.45) is 0 Å². The van der Waals surface area contributed by atoms with Crippen molar-refractivity contribution in [2.75, 3.05) is 5.73 Å². The van der Waals surface area contributed by atoms with Crippen molar-refractivity contribution in [2.45, 2.75) is 13.0 Å². The van der Waals surface area contributed by atoms with Gasteiger partial charge in [-0.2, -0.15) is 5.10 Å². The molecule has 0 radical (unpaired) electrons. The first-order valence-corrected chi connectivity index (χ1v) is 8.78. The van der Waals surface area contributed by atoms with E-state index < -0.39 is 0 Å². The third-order valence-corrected chi connectivity index (χ3v) is 4.28. The molecule has 4 aromatic rings. The predicted molar refractivity (Wildman–Crippen MR) is 106 cm³/mol. The van der Waals surface area contributed by atoms with Crippen molar-refractivity contribution in [1.29, 1.82) is 0 Å². The molecule has 4 rings (SSSR count). The molecule has 2 aromatic carbocycles. The van der Waals surface area contributed by atoms with Crippen LogP contribution in [0.2, 0.25) is 0 Å². The molecule has 0 aliphatic carbocycles. The number of aromatic nitrogens is 3. The van der Waals surface area contributed by atoms with Crippen LogP contribution >= 0.6 is 0 Å². The number of hydrogen-bond donors (Lipinski definition) is 1. The molecular formula is C22H20N4O. The maximum atomic E-state index is 5.92. The molecule has 5 heteroatoms. The first kappa shape index (κ1) is 16.8. The lowest BCUT2D eigenvalue weighted by Crippen LogP contribution is -2.01. The number of nitrogens with zero attached hydrogens (tertiary/aromatic N) is 3. The highest BCUT2D eigenvalue weighted by Gasteiger charge is 2.06. The number of ether oxygens (including phenoxy) is 1. The van der Waals surface area contributed by atoms with Gasteiger partial charge in [0.1, 0.15) is 23.9 Å². The van der Waals surface area contributed by atoms with E-state index in [0.29, 0.717) is 12.4 Å². The fourth-order valence-corrected chi connectivity index (χ4v) is 2.87. The predicted octanol–water partition coefficient (Wildman–Crippen LogP) is 4.02. The summed E-state index contributed by atoms with van der Waals surface area (Å²) in [6, 6.07) is 22.1. The van der Waals surface area contributed by atoms with Gasteiger partial charge in [0.2, 0.25) is 0 Å². The number of pyridine rings is 1. The first-order valence-electron chi connectivity index (χ1n) is 8.78. The molecule has 0 fully saturated rings. The van der Waals surface area contributed by atoms with Crippen LogP contribution in [0.4, 0.5) is 5.82 Å². The summed E-state index contributed by atoms with van der Waals surface area (Å²) in [6.45, 7) is 0.569. The van der Waals surface area contributed by atoms with Gasteiger partial charge < -0.3 is 10.5 Å². The van der Waals surface area contributed by atoms with Gasteiger partial charge in [-0.05, 0) is 41.0 Å². The summed E-state index contributed by atoms with van der Waals surface area (Å²) in [4.78, 5) is 4.10. The van der Waals surface area contributed by atoms with Gasteiger partial charge in [-0.25, -0.2) is 9.67 Å². The molecule has 2 aromatic heterocycles. The van der Waals surface area contributed by atoms with E-state index in [1.54, 1.807) is 10.9 Å². The van der Waals surface area contributed by atoms with Crippen molar-refractivity contribution in [3.05, 3.63) is 102 Å². The Kier molecular flexibility index (Phi) is 4.83. The van der Waals surface area contributed by atoms with E-state index in [4.69, 9.17) is 10.5 Å². The largest absolute Gasteiger partial charge is 0.489 e. The van der Waals surface area contributed by atoms with Crippen molar-refractivity contribution in [3.8, 4) is 11.4 Å².